The molecule has 0 bridgehead atoms. The molecule has 1 saturated carbocycles. The molecule has 2 fully saturated rings. The lowest BCUT2D eigenvalue weighted by Gasteiger charge is -2.04. The Labute approximate surface area is 54.0 Å². The third-order valence-electron chi connectivity index (χ3n) is 2.16. The summed E-state index contributed by atoms with van der Waals surface area (Å²) in [5, 5.41) is 3.18. The molecule has 0 unspecified atom stereocenters. The van der Waals surface area contributed by atoms with E-state index in [1.807, 2.05) is 7.05 Å². The normalized spacial score (nSPS) is 29.9. The van der Waals surface area contributed by atoms with Crippen molar-refractivity contribution in [3.8, 4) is 0 Å². The van der Waals surface area contributed by atoms with Crippen molar-refractivity contribution >= 4 is 5.91 Å². The van der Waals surface area contributed by atoms with Gasteiger partial charge in [0.1, 0.15) is 0 Å². The van der Waals surface area contributed by atoms with Crippen LogP contribution in [0, 0.1) is 0 Å². The van der Waals surface area contributed by atoms with Crippen molar-refractivity contribution in [3.63, 3.8) is 0 Å². The first-order valence-corrected chi connectivity index (χ1v) is 3.25. The summed E-state index contributed by atoms with van der Waals surface area (Å²) in [5.41, 5.74) is -0.0885. The zero-order chi connectivity index (χ0) is 6.48. The number of carbonyl (C=O) groups excluding carboxylic acids is 1. The zero-order valence-electron chi connectivity index (χ0n) is 5.48. The molecule has 0 atom stereocenters. The zero-order valence-corrected chi connectivity index (χ0v) is 5.48. The van der Waals surface area contributed by atoms with Gasteiger partial charge >= 0.3 is 0 Å². The monoisotopic (exact) mass is 126 g/mol. The van der Waals surface area contributed by atoms with Crippen LogP contribution in [0.2, 0.25) is 0 Å². The summed E-state index contributed by atoms with van der Waals surface area (Å²) < 4.78 is 0. The Hall–Kier alpha value is -0.570. The van der Waals surface area contributed by atoms with Gasteiger partial charge in [0.05, 0.1) is 12.2 Å². The van der Waals surface area contributed by atoms with Gasteiger partial charge < -0.3 is 4.90 Å². The Morgan fingerprint density at radius 3 is 2.56 bits per heavy atom. The van der Waals surface area contributed by atoms with Crippen LogP contribution in [0.3, 0.4) is 0 Å². The molecule has 1 N–H and O–H groups in total. The summed E-state index contributed by atoms with van der Waals surface area (Å²) in [5.74, 6) is 0.280. The summed E-state index contributed by atoms with van der Waals surface area (Å²) in [6.07, 6.45) is 2.08. The SMILES string of the molecule is CN1CNC2(CC2)C1=O. The lowest BCUT2D eigenvalue weighted by molar-refractivity contribution is -0.128. The van der Waals surface area contributed by atoms with E-state index in [2.05, 4.69) is 5.32 Å². The standard InChI is InChI=1S/C6H10N2O/c1-8-4-7-6(2-3-6)5(8)9/h7H,2-4H2,1H3. The minimum Gasteiger partial charge on any atom is -0.331 e. The van der Waals surface area contributed by atoms with Crippen LogP contribution >= 0.6 is 0 Å². The van der Waals surface area contributed by atoms with Crippen molar-refractivity contribution in [2.75, 3.05) is 13.7 Å². The van der Waals surface area contributed by atoms with E-state index in [4.69, 9.17) is 0 Å². The number of likely N-dealkylation sites (N-methyl/N-ethyl adjacent to an activating group) is 1. The van der Waals surface area contributed by atoms with Gasteiger partial charge in [-0.3, -0.25) is 10.1 Å². The van der Waals surface area contributed by atoms with Gasteiger partial charge in [0.25, 0.3) is 0 Å². The van der Waals surface area contributed by atoms with Crippen LogP contribution in [0.25, 0.3) is 0 Å². The molecule has 0 aromatic heterocycles. The van der Waals surface area contributed by atoms with Gasteiger partial charge in [0, 0.05) is 7.05 Å². The van der Waals surface area contributed by atoms with Crippen LogP contribution in [0.15, 0.2) is 0 Å². The Kier molecular flexibility index (Phi) is 0.750. The van der Waals surface area contributed by atoms with Crippen LogP contribution in [0.4, 0.5) is 0 Å². The van der Waals surface area contributed by atoms with Crippen LogP contribution in [-0.4, -0.2) is 30.1 Å². The van der Waals surface area contributed by atoms with Crippen molar-refractivity contribution < 1.29 is 4.79 Å². The highest BCUT2D eigenvalue weighted by atomic mass is 16.2. The first-order chi connectivity index (χ1) is 4.25. The Bertz CT molecular complexity index is 162. The van der Waals surface area contributed by atoms with Crippen molar-refractivity contribution in [2.24, 2.45) is 0 Å². The molecule has 0 aromatic carbocycles. The molecule has 3 heteroatoms. The maximum atomic E-state index is 11.2. The average Bonchev–Trinajstić information content (AvgIpc) is 2.57. The molecular formula is C6H10N2O. The lowest BCUT2D eigenvalue weighted by Crippen LogP contribution is -2.30. The van der Waals surface area contributed by atoms with E-state index in [1.165, 1.54) is 0 Å². The van der Waals surface area contributed by atoms with Gasteiger partial charge in [0.15, 0.2) is 0 Å². The van der Waals surface area contributed by atoms with E-state index < -0.39 is 0 Å². The highest BCUT2D eigenvalue weighted by Gasteiger charge is 2.54. The van der Waals surface area contributed by atoms with Crippen LogP contribution in [-0.2, 0) is 4.79 Å². The molecule has 1 aliphatic carbocycles. The van der Waals surface area contributed by atoms with E-state index >= 15 is 0 Å². The Morgan fingerprint density at radius 1 is 1.67 bits per heavy atom. The smallest absolute Gasteiger partial charge is 0.243 e. The second-order valence-electron chi connectivity index (χ2n) is 2.92. The summed E-state index contributed by atoms with van der Waals surface area (Å²) in [7, 11) is 1.84. The second kappa shape index (κ2) is 1.29. The van der Waals surface area contributed by atoms with Crippen molar-refractivity contribution in [1.29, 1.82) is 0 Å². The summed E-state index contributed by atoms with van der Waals surface area (Å²) in [6, 6.07) is 0. The Morgan fingerprint density at radius 2 is 2.33 bits per heavy atom. The Balaban J connectivity index is 2.22. The highest BCUT2D eigenvalue weighted by molar-refractivity contribution is 5.90. The first kappa shape index (κ1) is 5.23. The van der Waals surface area contributed by atoms with Gasteiger partial charge in [-0.25, -0.2) is 0 Å². The molecule has 0 radical (unpaired) electrons. The molecule has 3 nitrogen and oxygen atoms in total. The number of carbonyl (C=O) groups is 1. The average molecular weight is 126 g/mol. The molecule has 1 heterocycles. The minimum absolute atomic E-state index is 0.0885. The van der Waals surface area contributed by atoms with Gasteiger partial charge in [0.2, 0.25) is 5.91 Å². The van der Waals surface area contributed by atoms with Gasteiger partial charge in [-0.05, 0) is 12.8 Å². The number of nitrogens with zero attached hydrogens (tertiary/aromatic N) is 1. The number of rotatable bonds is 0. The first-order valence-electron chi connectivity index (χ1n) is 3.25. The van der Waals surface area contributed by atoms with Gasteiger partial charge in [-0.15, -0.1) is 0 Å². The van der Waals surface area contributed by atoms with E-state index in [0.29, 0.717) is 0 Å². The molecule has 9 heavy (non-hydrogen) atoms. The third-order valence-corrected chi connectivity index (χ3v) is 2.16. The number of amides is 1. The molecule has 2 aliphatic rings. The predicted molar refractivity (Wildman–Crippen MR) is 32.7 cm³/mol. The van der Waals surface area contributed by atoms with Crippen molar-refractivity contribution in [2.45, 2.75) is 18.4 Å². The minimum atomic E-state index is -0.0885. The fourth-order valence-electron chi connectivity index (χ4n) is 1.30. The second-order valence-corrected chi connectivity index (χ2v) is 2.92. The maximum absolute atomic E-state index is 11.2. The summed E-state index contributed by atoms with van der Waals surface area (Å²) in [4.78, 5) is 12.9. The molecule has 1 amide bonds. The predicted octanol–water partition coefficient (Wildman–Crippen LogP) is -0.462. The van der Waals surface area contributed by atoms with Crippen molar-refractivity contribution in [3.05, 3.63) is 0 Å². The molecule has 1 spiro atoms. The largest absolute Gasteiger partial charge is 0.331 e. The fraction of sp³-hybridized carbons (Fsp3) is 0.833. The van der Waals surface area contributed by atoms with Crippen molar-refractivity contribution in [1.82, 2.24) is 10.2 Å². The highest BCUT2D eigenvalue weighted by Crippen LogP contribution is 2.39. The fourth-order valence-corrected chi connectivity index (χ4v) is 1.30. The van der Waals surface area contributed by atoms with Gasteiger partial charge in [-0.2, -0.15) is 0 Å². The lowest BCUT2D eigenvalue weighted by atomic mass is 10.3. The maximum Gasteiger partial charge on any atom is 0.243 e. The van der Waals surface area contributed by atoms with Crippen LogP contribution in [0.1, 0.15) is 12.8 Å². The number of nitrogens with one attached hydrogen (secondary N) is 1. The summed E-state index contributed by atoms with van der Waals surface area (Å²) >= 11 is 0. The molecule has 50 valence electrons. The number of hydrogen-bond donors (Lipinski definition) is 1. The van der Waals surface area contributed by atoms with E-state index in [-0.39, 0.29) is 11.4 Å². The molecule has 1 aliphatic heterocycles. The number of hydrogen-bond acceptors (Lipinski definition) is 2. The van der Waals surface area contributed by atoms with E-state index in [0.717, 1.165) is 19.5 Å². The third kappa shape index (κ3) is 0.525. The molecule has 2 rings (SSSR count). The van der Waals surface area contributed by atoms with Crippen LogP contribution in [0.5, 0.6) is 0 Å². The summed E-state index contributed by atoms with van der Waals surface area (Å²) in [6.45, 7) is 0.735. The van der Waals surface area contributed by atoms with Crippen LogP contribution < -0.4 is 5.32 Å². The topological polar surface area (TPSA) is 32.3 Å². The van der Waals surface area contributed by atoms with E-state index in [9.17, 15) is 4.79 Å². The van der Waals surface area contributed by atoms with E-state index in [1.54, 1.807) is 4.90 Å². The molecule has 0 aromatic rings. The van der Waals surface area contributed by atoms with Gasteiger partial charge in [-0.1, -0.05) is 0 Å². The molecule has 1 saturated heterocycles. The quantitative estimate of drug-likeness (QED) is 0.476. The molecular weight excluding hydrogens is 116 g/mol.